The van der Waals surface area contributed by atoms with E-state index in [1.165, 1.54) is 0 Å². The molecule has 9 nitrogen and oxygen atoms in total. The molecular formula is C23H30N4O5. The largest absolute Gasteiger partial charge is 0.487 e. The lowest BCUT2D eigenvalue weighted by molar-refractivity contribution is 0.00708. The van der Waals surface area contributed by atoms with Crippen molar-refractivity contribution in [1.29, 1.82) is 5.26 Å². The number of benzene rings is 1. The van der Waals surface area contributed by atoms with Crippen LogP contribution in [0.15, 0.2) is 24.4 Å². The average Bonchev–Trinajstić information content (AvgIpc) is 2.83. The van der Waals surface area contributed by atoms with E-state index in [2.05, 4.69) is 28.3 Å². The molecule has 9 heteroatoms. The molecule has 32 heavy (non-hydrogen) atoms. The molecule has 1 aromatic carbocycles. The Kier molecular flexibility index (Phi) is 9.99. The number of aromatic nitrogens is 2. The van der Waals surface area contributed by atoms with Crippen LogP contribution in [0.5, 0.6) is 11.5 Å². The van der Waals surface area contributed by atoms with Crippen molar-refractivity contribution in [3.8, 4) is 28.8 Å². The van der Waals surface area contributed by atoms with Crippen LogP contribution in [0.25, 0.3) is 11.3 Å². The van der Waals surface area contributed by atoms with Gasteiger partial charge in [-0.05, 0) is 24.6 Å². The molecule has 0 bridgehead atoms. The number of nitrogens with one attached hydrogen (secondary N) is 1. The summed E-state index contributed by atoms with van der Waals surface area (Å²) >= 11 is 0. The molecular weight excluding hydrogens is 412 g/mol. The molecule has 0 saturated carbocycles. The van der Waals surface area contributed by atoms with Gasteiger partial charge in [0.05, 0.1) is 51.5 Å². The van der Waals surface area contributed by atoms with Crippen LogP contribution >= 0.6 is 0 Å². The number of nitriles is 1. The number of fused-ring (bicyclic) bond motifs is 1. The van der Waals surface area contributed by atoms with Crippen molar-refractivity contribution in [3.05, 3.63) is 30.1 Å². The lowest BCUT2D eigenvalue weighted by atomic mass is 10.1. The van der Waals surface area contributed by atoms with Crippen molar-refractivity contribution in [2.24, 2.45) is 0 Å². The maximum absolute atomic E-state index is 9.34. The summed E-state index contributed by atoms with van der Waals surface area (Å²) in [6.45, 7) is 6.57. The number of rotatable bonds is 5. The van der Waals surface area contributed by atoms with Gasteiger partial charge in [0.1, 0.15) is 19.3 Å². The van der Waals surface area contributed by atoms with Crippen LogP contribution in [-0.2, 0) is 14.2 Å². The molecule has 0 aliphatic carbocycles. The minimum absolute atomic E-state index is 0.278. The number of anilines is 1. The molecule has 1 aromatic heterocycles. The summed E-state index contributed by atoms with van der Waals surface area (Å²) in [5.41, 5.74) is 1.73. The van der Waals surface area contributed by atoms with E-state index in [1.54, 1.807) is 6.20 Å². The van der Waals surface area contributed by atoms with Crippen molar-refractivity contribution in [2.45, 2.75) is 19.8 Å². The molecule has 172 valence electrons. The number of hydrogen-bond acceptors (Lipinski definition) is 9. The van der Waals surface area contributed by atoms with E-state index in [4.69, 9.17) is 23.7 Å². The van der Waals surface area contributed by atoms with E-state index in [1.807, 2.05) is 18.2 Å². The molecule has 1 aliphatic heterocycles. The monoisotopic (exact) mass is 442 g/mol. The van der Waals surface area contributed by atoms with Crippen molar-refractivity contribution in [1.82, 2.24) is 9.97 Å². The Morgan fingerprint density at radius 2 is 1.59 bits per heavy atom. The predicted octanol–water partition coefficient (Wildman–Crippen LogP) is 3.05. The van der Waals surface area contributed by atoms with Crippen LogP contribution in [-0.4, -0.2) is 69.4 Å². The second-order valence-corrected chi connectivity index (χ2v) is 7.04. The van der Waals surface area contributed by atoms with Crippen LogP contribution in [0.4, 0.5) is 5.82 Å². The van der Waals surface area contributed by atoms with Crippen LogP contribution in [0, 0.1) is 11.3 Å². The first-order valence-electron chi connectivity index (χ1n) is 11.0. The van der Waals surface area contributed by atoms with E-state index < -0.39 is 0 Å². The third kappa shape index (κ3) is 7.34. The Morgan fingerprint density at radius 1 is 0.938 bits per heavy atom. The van der Waals surface area contributed by atoms with Gasteiger partial charge in [-0.3, -0.25) is 0 Å². The fourth-order valence-electron chi connectivity index (χ4n) is 2.98. The third-order valence-electron chi connectivity index (χ3n) is 4.66. The van der Waals surface area contributed by atoms with Gasteiger partial charge in [0.2, 0.25) is 0 Å². The first-order chi connectivity index (χ1) is 15.8. The van der Waals surface area contributed by atoms with Crippen LogP contribution in [0.3, 0.4) is 0 Å². The highest BCUT2D eigenvalue weighted by Gasteiger charge is 2.13. The van der Waals surface area contributed by atoms with Crippen molar-refractivity contribution in [2.75, 3.05) is 64.7 Å². The summed E-state index contributed by atoms with van der Waals surface area (Å²) in [4.78, 5) is 8.89. The summed E-state index contributed by atoms with van der Waals surface area (Å²) in [6.07, 6.45) is 3.63. The van der Waals surface area contributed by atoms with Gasteiger partial charge in [0, 0.05) is 12.1 Å². The molecule has 0 atom stereocenters. The Hall–Kier alpha value is -2.93. The third-order valence-corrected chi connectivity index (χ3v) is 4.66. The molecule has 2 aromatic rings. The van der Waals surface area contributed by atoms with Gasteiger partial charge in [0.25, 0.3) is 0 Å². The zero-order valence-corrected chi connectivity index (χ0v) is 18.5. The quantitative estimate of drug-likeness (QED) is 0.699. The van der Waals surface area contributed by atoms with Crippen molar-refractivity contribution in [3.63, 3.8) is 0 Å². The maximum atomic E-state index is 9.34. The Balaban J connectivity index is 1.78. The fourth-order valence-corrected chi connectivity index (χ4v) is 2.98. The Morgan fingerprint density at radius 3 is 2.25 bits per heavy atom. The van der Waals surface area contributed by atoms with Gasteiger partial charge in [-0.1, -0.05) is 13.3 Å². The highest BCUT2D eigenvalue weighted by Crippen LogP contribution is 2.32. The van der Waals surface area contributed by atoms with Crippen LogP contribution in [0.2, 0.25) is 0 Å². The molecule has 1 N–H and O–H groups in total. The number of unbranched alkanes of at least 4 members (excludes halogenated alkanes) is 1. The Labute approximate surface area is 188 Å². The van der Waals surface area contributed by atoms with E-state index in [0.717, 1.165) is 24.9 Å². The smallest absolute Gasteiger partial charge is 0.183 e. The lowest BCUT2D eigenvalue weighted by Gasteiger charge is -2.15. The normalized spacial score (nSPS) is 15.8. The van der Waals surface area contributed by atoms with E-state index >= 15 is 0 Å². The molecule has 0 spiro atoms. The highest BCUT2D eigenvalue weighted by atomic mass is 16.6. The predicted molar refractivity (Wildman–Crippen MR) is 119 cm³/mol. The maximum Gasteiger partial charge on any atom is 0.183 e. The van der Waals surface area contributed by atoms with Crippen molar-refractivity contribution >= 4 is 5.82 Å². The zero-order valence-electron chi connectivity index (χ0n) is 18.5. The molecule has 2 heterocycles. The summed E-state index contributed by atoms with van der Waals surface area (Å²) in [7, 11) is 0. The van der Waals surface area contributed by atoms with Gasteiger partial charge in [-0.25, -0.2) is 9.97 Å². The molecule has 0 radical (unpaired) electrons. The standard InChI is InChI=1S/C23H30N4O5/c1-2-3-6-25-23-19(16-24)26-17-20(27-23)18-4-5-21-22(15-18)32-14-12-30-10-8-28-7-9-29-11-13-31-21/h4-5,15,17H,2-3,6-14H2,1H3,(H,25,27). The highest BCUT2D eigenvalue weighted by molar-refractivity contribution is 5.66. The number of nitrogens with zero attached hydrogens (tertiary/aromatic N) is 3. The molecule has 0 saturated heterocycles. The molecule has 1 aliphatic rings. The van der Waals surface area contributed by atoms with Crippen LogP contribution in [0.1, 0.15) is 25.5 Å². The summed E-state index contributed by atoms with van der Waals surface area (Å²) in [5, 5.41) is 12.5. The van der Waals surface area contributed by atoms with Gasteiger partial charge >= 0.3 is 0 Å². The van der Waals surface area contributed by atoms with E-state index in [-0.39, 0.29) is 5.69 Å². The summed E-state index contributed by atoms with van der Waals surface area (Å²) in [6, 6.07) is 7.69. The zero-order chi connectivity index (χ0) is 22.4. The van der Waals surface area contributed by atoms with Gasteiger partial charge in [-0.2, -0.15) is 5.26 Å². The summed E-state index contributed by atoms with van der Waals surface area (Å²) in [5.74, 6) is 1.69. The average molecular weight is 443 g/mol. The minimum atomic E-state index is 0.278. The molecule has 0 amide bonds. The SMILES string of the molecule is CCCCNc1nc(-c2ccc3c(c2)OCCOCCOCCOCCO3)cnc1C#N. The van der Waals surface area contributed by atoms with Crippen LogP contribution < -0.4 is 14.8 Å². The van der Waals surface area contributed by atoms with E-state index in [0.29, 0.717) is 75.9 Å². The number of hydrogen-bond donors (Lipinski definition) is 1. The first-order valence-corrected chi connectivity index (χ1v) is 11.0. The molecule has 0 fully saturated rings. The van der Waals surface area contributed by atoms with Crippen molar-refractivity contribution < 1.29 is 23.7 Å². The molecule has 0 unspecified atom stereocenters. The van der Waals surface area contributed by atoms with Gasteiger partial charge in [-0.15, -0.1) is 0 Å². The summed E-state index contributed by atoms with van der Waals surface area (Å²) < 4.78 is 28.3. The topological polar surface area (TPSA) is 108 Å². The number of ether oxygens (including phenoxy) is 5. The molecule has 3 rings (SSSR count). The van der Waals surface area contributed by atoms with E-state index in [9.17, 15) is 5.26 Å². The lowest BCUT2D eigenvalue weighted by Crippen LogP contribution is -2.13. The van der Waals surface area contributed by atoms with Gasteiger partial charge in [0.15, 0.2) is 23.0 Å². The van der Waals surface area contributed by atoms with Gasteiger partial charge < -0.3 is 29.0 Å². The fraction of sp³-hybridized carbons (Fsp3) is 0.522. The second kappa shape index (κ2) is 13.5. The Bertz CT molecular complexity index is 887. The first kappa shape index (κ1) is 23.7. The second-order valence-electron chi connectivity index (χ2n) is 7.04. The minimum Gasteiger partial charge on any atom is -0.487 e.